The zero-order chi connectivity index (χ0) is 17.3. The predicted molar refractivity (Wildman–Crippen MR) is 103 cm³/mol. The molecule has 0 unspecified atom stereocenters. The van der Waals surface area contributed by atoms with Crippen LogP contribution in [0.25, 0.3) is 6.08 Å². The van der Waals surface area contributed by atoms with Gasteiger partial charge in [-0.3, -0.25) is 0 Å². The number of benzene rings is 1. The van der Waals surface area contributed by atoms with Crippen molar-refractivity contribution in [2.24, 2.45) is 4.99 Å². The number of halogens is 1. The van der Waals surface area contributed by atoms with Crippen LogP contribution >= 0.6 is 33.9 Å². The monoisotopic (exact) mass is 455 g/mol. The Morgan fingerprint density at radius 1 is 1.33 bits per heavy atom. The Hall–Kier alpha value is -1.94. The van der Waals surface area contributed by atoms with Crippen molar-refractivity contribution in [2.75, 3.05) is 26.1 Å². The lowest BCUT2D eigenvalue weighted by Gasteiger charge is -2.04. The summed E-state index contributed by atoms with van der Waals surface area (Å²) in [6.07, 6.45) is 1.65. The number of aliphatic imine (C=N–C) groups is 1. The van der Waals surface area contributed by atoms with E-state index in [0.29, 0.717) is 11.8 Å². The molecule has 1 aromatic carbocycles. The Balaban J connectivity index is 1.99. The molecule has 2 aromatic rings. The second-order valence-electron chi connectivity index (χ2n) is 5.08. The molecule has 6 nitrogen and oxygen atoms in total. The van der Waals surface area contributed by atoms with Crippen LogP contribution in [0.1, 0.15) is 10.4 Å². The van der Waals surface area contributed by atoms with Gasteiger partial charge >= 0.3 is 5.97 Å². The van der Waals surface area contributed by atoms with Crippen molar-refractivity contribution in [1.29, 1.82) is 0 Å². The van der Waals surface area contributed by atoms with Crippen molar-refractivity contribution in [3.05, 3.63) is 44.0 Å². The van der Waals surface area contributed by atoms with Crippen molar-refractivity contribution < 1.29 is 14.3 Å². The largest absolute Gasteiger partial charge is 0.480 e. The number of ether oxygens (including phenoxy) is 2. The molecule has 0 aliphatic carbocycles. The molecule has 124 valence electrons. The number of hydrogen-bond acceptors (Lipinski definition) is 7. The number of nitrogens with zero attached hydrogens (tertiary/aromatic N) is 3. The first-order chi connectivity index (χ1) is 11.5. The van der Waals surface area contributed by atoms with Gasteiger partial charge in [0.15, 0.2) is 10.8 Å². The quantitative estimate of drug-likeness (QED) is 0.403. The number of carbonyl (C=O) groups is 1. The third-order valence-electron chi connectivity index (χ3n) is 3.18. The van der Waals surface area contributed by atoms with E-state index in [1.165, 1.54) is 11.3 Å². The van der Waals surface area contributed by atoms with Crippen molar-refractivity contribution in [3.63, 3.8) is 0 Å². The molecular formula is C16H14IN3O3S. The highest BCUT2D eigenvalue weighted by Gasteiger charge is 2.26. The number of rotatable bonds is 4. The molecule has 0 N–H and O–H groups in total. The van der Waals surface area contributed by atoms with E-state index in [0.717, 1.165) is 19.1 Å². The predicted octanol–water partition coefficient (Wildman–Crippen LogP) is 3.17. The van der Waals surface area contributed by atoms with Gasteiger partial charge in [0.05, 0.1) is 17.6 Å². The number of thiazole rings is 1. The first kappa shape index (κ1) is 16.9. The number of anilines is 1. The molecule has 2 heterocycles. The summed E-state index contributed by atoms with van der Waals surface area (Å²) in [5.41, 5.74) is 1.03. The molecule has 0 amide bonds. The molecule has 0 fully saturated rings. The van der Waals surface area contributed by atoms with Gasteiger partial charge in [0.1, 0.15) is 0 Å². The van der Waals surface area contributed by atoms with Gasteiger partial charge in [0.25, 0.3) is 0 Å². The van der Waals surface area contributed by atoms with E-state index in [1.807, 2.05) is 43.3 Å². The summed E-state index contributed by atoms with van der Waals surface area (Å²) >= 11 is 3.60. The molecule has 0 bridgehead atoms. The molecule has 0 radical (unpaired) electrons. The summed E-state index contributed by atoms with van der Waals surface area (Å²) in [7, 11) is 5.34. The smallest absolute Gasteiger partial charge is 0.363 e. The number of esters is 1. The molecule has 0 saturated heterocycles. The van der Waals surface area contributed by atoms with E-state index >= 15 is 0 Å². The molecule has 3 rings (SSSR count). The van der Waals surface area contributed by atoms with Crippen molar-refractivity contribution in [2.45, 2.75) is 0 Å². The molecule has 0 atom stereocenters. The van der Waals surface area contributed by atoms with Crippen LogP contribution in [-0.2, 0) is 9.53 Å². The summed E-state index contributed by atoms with van der Waals surface area (Å²) < 4.78 is 11.6. The summed E-state index contributed by atoms with van der Waals surface area (Å²) in [6.45, 7) is 0. The maximum atomic E-state index is 12.1. The van der Waals surface area contributed by atoms with Crippen LogP contribution in [0.2, 0.25) is 0 Å². The fourth-order valence-electron chi connectivity index (χ4n) is 2.02. The van der Waals surface area contributed by atoms with E-state index in [9.17, 15) is 4.79 Å². The van der Waals surface area contributed by atoms with Gasteiger partial charge in [-0.2, -0.15) is 4.98 Å². The molecule has 0 saturated carbocycles. The third-order valence-corrected chi connectivity index (χ3v) is 5.27. The maximum Gasteiger partial charge on any atom is 0.363 e. The van der Waals surface area contributed by atoms with E-state index in [2.05, 4.69) is 32.6 Å². The van der Waals surface area contributed by atoms with Gasteiger partial charge < -0.3 is 14.4 Å². The Morgan fingerprint density at radius 3 is 2.75 bits per heavy atom. The topological polar surface area (TPSA) is 64.0 Å². The molecule has 1 aliphatic heterocycles. The Morgan fingerprint density at radius 2 is 2.08 bits per heavy atom. The minimum absolute atomic E-state index is 0.233. The van der Waals surface area contributed by atoms with E-state index in [4.69, 9.17) is 9.47 Å². The number of methoxy groups -OCH3 is 1. The van der Waals surface area contributed by atoms with E-state index < -0.39 is 5.97 Å². The van der Waals surface area contributed by atoms with Crippen LogP contribution in [-0.4, -0.2) is 38.1 Å². The zero-order valence-corrected chi connectivity index (χ0v) is 16.2. The van der Waals surface area contributed by atoms with Crippen LogP contribution in [0.15, 0.2) is 35.0 Å². The summed E-state index contributed by atoms with van der Waals surface area (Å²) in [4.78, 5) is 23.4. The van der Waals surface area contributed by atoms with Crippen LogP contribution in [0.3, 0.4) is 0 Å². The van der Waals surface area contributed by atoms with Crippen LogP contribution < -0.4 is 9.64 Å². The van der Waals surface area contributed by atoms with Crippen LogP contribution in [0.4, 0.5) is 5.13 Å². The van der Waals surface area contributed by atoms with Crippen molar-refractivity contribution >= 4 is 57.0 Å². The van der Waals surface area contributed by atoms with E-state index in [1.54, 1.807) is 13.2 Å². The Kier molecular flexibility index (Phi) is 4.86. The highest BCUT2D eigenvalue weighted by Crippen LogP contribution is 2.33. The minimum Gasteiger partial charge on any atom is -0.480 e. The van der Waals surface area contributed by atoms with Gasteiger partial charge in [-0.15, -0.1) is 0 Å². The standard InChI is InChI=1S/C16H14IN3O3S/c1-20(2)16-19-14(22-3)12(24-16)8-11-15(21)23-13(18-11)9-6-4-5-7-10(9)17/h4-8H,1-3H3/b11-8+. The van der Waals surface area contributed by atoms with E-state index in [-0.39, 0.29) is 5.70 Å². The Bertz CT molecular complexity index is 858. The normalized spacial score (nSPS) is 15.4. The number of aromatic nitrogens is 1. The highest BCUT2D eigenvalue weighted by molar-refractivity contribution is 14.1. The van der Waals surface area contributed by atoms with Crippen LogP contribution in [0, 0.1) is 3.57 Å². The second kappa shape index (κ2) is 6.89. The summed E-state index contributed by atoms with van der Waals surface area (Å²) in [6, 6.07) is 7.60. The summed E-state index contributed by atoms with van der Waals surface area (Å²) in [5, 5.41) is 0.784. The molecule has 0 spiro atoms. The van der Waals surface area contributed by atoms with Crippen LogP contribution in [0.5, 0.6) is 5.88 Å². The summed E-state index contributed by atoms with van der Waals surface area (Å²) in [5.74, 6) is 0.293. The van der Waals surface area contributed by atoms with Gasteiger partial charge in [-0.1, -0.05) is 23.5 Å². The fraction of sp³-hybridized carbons (Fsp3) is 0.188. The highest BCUT2D eigenvalue weighted by atomic mass is 127. The number of hydrogen-bond donors (Lipinski definition) is 0. The average molecular weight is 455 g/mol. The van der Waals surface area contributed by atoms with Gasteiger partial charge in [-0.25, -0.2) is 9.79 Å². The third kappa shape index (κ3) is 3.29. The zero-order valence-electron chi connectivity index (χ0n) is 13.2. The average Bonchev–Trinajstić information content (AvgIpc) is 3.12. The van der Waals surface area contributed by atoms with Gasteiger partial charge in [0.2, 0.25) is 11.8 Å². The molecular weight excluding hydrogens is 441 g/mol. The second-order valence-corrected chi connectivity index (χ2v) is 7.25. The SMILES string of the molecule is COc1nc(N(C)C)sc1/C=C1/N=C(c2ccccc2I)OC1=O. The Labute approximate surface area is 157 Å². The molecule has 1 aliphatic rings. The molecule has 24 heavy (non-hydrogen) atoms. The first-order valence-corrected chi connectivity index (χ1v) is 8.88. The number of cyclic esters (lactones) is 1. The van der Waals surface area contributed by atoms with Crippen molar-refractivity contribution in [3.8, 4) is 5.88 Å². The van der Waals surface area contributed by atoms with Gasteiger partial charge in [-0.05, 0) is 40.8 Å². The fourth-order valence-corrected chi connectivity index (χ4v) is 3.53. The molecule has 8 heteroatoms. The first-order valence-electron chi connectivity index (χ1n) is 6.99. The molecule has 1 aromatic heterocycles. The maximum absolute atomic E-state index is 12.1. The number of carbonyl (C=O) groups excluding carboxylic acids is 1. The lowest BCUT2D eigenvalue weighted by molar-refractivity contribution is -0.129. The van der Waals surface area contributed by atoms with Crippen molar-refractivity contribution in [1.82, 2.24) is 4.98 Å². The van der Waals surface area contributed by atoms with Gasteiger partial charge in [0, 0.05) is 17.7 Å². The lowest BCUT2D eigenvalue weighted by atomic mass is 10.2. The lowest BCUT2D eigenvalue weighted by Crippen LogP contribution is -2.07. The minimum atomic E-state index is -0.480.